The van der Waals surface area contributed by atoms with Crippen LogP contribution in [0.5, 0.6) is 5.75 Å². The van der Waals surface area contributed by atoms with Gasteiger partial charge in [0.2, 0.25) is 0 Å². The lowest BCUT2D eigenvalue weighted by Gasteiger charge is -2.19. The van der Waals surface area contributed by atoms with E-state index in [-0.39, 0.29) is 11.9 Å². The van der Waals surface area contributed by atoms with Gasteiger partial charge in [0, 0.05) is 11.1 Å². The Morgan fingerprint density at radius 3 is 2.60 bits per heavy atom. The Morgan fingerprint density at radius 1 is 1.25 bits per heavy atom. The van der Waals surface area contributed by atoms with Crippen molar-refractivity contribution >= 4 is 11.6 Å². The standard InChI is InChI=1S/C16H17ClFNO/c1-19-16(9-11-5-3-4-6-15(11)18)13-8-7-12(20-2)10-14(13)17/h3-8,10,16,19H,9H2,1-2H3. The molecule has 1 atom stereocenters. The summed E-state index contributed by atoms with van der Waals surface area (Å²) in [5, 5.41) is 3.79. The Bertz CT molecular complexity index is 588. The van der Waals surface area contributed by atoms with Gasteiger partial charge >= 0.3 is 0 Å². The van der Waals surface area contributed by atoms with Crippen LogP contribution in [-0.4, -0.2) is 14.2 Å². The van der Waals surface area contributed by atoms with E-state index in [0.717, 1.165) is 5.56 Å². The van der Waals surface area contributed by atoms with Crippen molar-refractivity contribution in [1.82, 2.24) is 5.32 Å². The summed E-state index contributed by atoms with van der Waals surface area (Å²) in [4.78, 5) is 0. The van der Waals surface area contributed by atoms with Crippen molar-refractivity contribution in [2.24, 2.45) is 0 Å². The minimum absolute atomic E-state index is 0.0506. The summed E-state index contributed by atoms with van der Waals surface area (Å²) in [6.45, 7) is 0. The maximum atomic E-state index is 13.7. The second kappa shape index (κ2) is 6.73. The molecule has 0 aliphatic carbocycles. The normalized spacial score (nSPS) is 12.2. The minimum atomic E-state index is -0.197. The number of methoxy groups -OCH3 is 1. The second-order valence-corrected chi connectivity index (χ2v) is 4.93. The molecule has 0 saturated carbocycles. The molecular weight excluding hydrogens is 277 g/mol. The van der Waals surface area contributed by atoms with Crippen LogP contribution in [0.3, 0.4) is 0 Å². The third kappa shape index (κ3) is 3.30. The number of benzene rings is 2. The quantitative estimate of drug-likeness (QED) is 0.900. The van der Waals surface area contributed by atoms with E-state index in [0.29, 0.717) is 22.8 Å². The summed E-state index contributed by atoms with van der Waals surface area (Å²) in [5.74, 6) is 0.511. The van der Waals surface area contributed by atoms with E-state index >= 15 is 0 Å². The molecule has 1 N–H and O–H groups in total. The molecule has 0 aliphatic rings. The molecule has 0 radical (unpaired) electrons. The Hall–Kier alpha value is -1.58. The van der Waals surface area contributed by atoms with Gasteiger partial charge in [-0.25, -0.2) is 4.39 Å². The molecule has 0 bridgehead atoms. The average Bonchev–Trinajstić information content (AvgIpc) is 2.47. The van der Waals surface area contributed by atoms with E-state index < -0.39 is 0 Å². The first-order valence-corrected chi connectivity index (χ1v) is 6.77. The van der Waals surface area contributed by atoms with E-state index in [9.17, 15) is 4.39 Å². The van der Waals surface area contributed by atoms with Crippen molar-refractivity contribution in [1.29, 1.82) is 0 Å². The number of hydrogen-bond donors (Lipinski definition) is 1. The smallest absolute Gasteiger partial charge is 0.126 e. The summed E-state index contributed by atoms with van der Waals surface area (Å²) in [5.41, 5.74) is 1.59. The maximum absolute atomic E-state index is 13.7. The van der Waals surface area contributed by atoms with Crippen molar-refractivity contribution in [2.45, 2.75) is 12.5 Å². The highest BCUT2D eigenvalue weighted by Crippen LogP contribution is 2.29. The van der Waals surface area contributed by atoms with Crippen molar-refractivity contribution in [3.8, 4) is 5.75 Å². The fourth-order valence-corrected chi connectivity index (χ4v) is 2.47. The Labute approximate surface area is 123 Å². The molecule has 0 fully saturated rings. The molecule has 4 heteroatoms. The van der Waals surface area contributed by atoms with Gasteiger partial charge in [0.1, 0.15) is 11.6 Å². The lowest BCUT2D eigenvalue weighted by Crippen LogP contribution is -2.19. The highest BCUT2D eigenvalue weighted by Gasteiger charge is 2.16. The van der Waals surface area contributed by atoms with Crippen LogP contribution < -0.4 is 10.1 Å². The molecule has 2 rings (SSSR count). The zero-order valence-corrected chi connectivity index (χ0v) is 12.2. The van der Waals surface area contributed by atoms with E-state index in [2.05, 4.69) is 5.32 Å². The number of nitrogens with one attached hydrogen (secondary N) is 1. The second-order valence-electron chi connectivity index (χ2n) is 4.52. The minimum Gasteiger partial charge on any atom is -0.497 e. The van der Waals surface area contributed by atoms with Crippen LogP contribution in [0.2, 0.25) is 5.02 Å². The Balaban J connectivity index is 2.27. The fraction of sp³-hybridized carbons (Fsp3) is 0.250. The Kier molecular flexibility index (Phi) is 4.99. The van der Waals surface area contributed by atoms with Gasteiger partial charge in [-0.15, -0.1) is 0 Å². The molecule has 106 valence electrons. The Morgan fingerprint density at radius 2 is 2.00 bits per heavy atom. The van der Waals surface area contributed by atoms with Crippen molar-refractivity contribution in [3.05, 3.63) is 64.4 Å². The highest BCUT2D eigenvalue weighted by molar-refractivity contribution is 6.31. The van der Waals surface area contributed by atoms with Crippen LogP contribution in [0.1, 0.15) is 17.2 Å². The molecule has 0 heterocycles. The van der Waals surface area contributed by atoms with E-state index in [1.165, 1.54) is 6.07 Å². The molecule has 20 heavy (non-hydrogen) atoms. The average molecular weight is 294 g/mol. The fourth-order valence-electron chi connectivity index (χ4n) is 2.17. The summed E-state index contributed by atoms with van der Waals surface area (Å²) in [7, 11) is 3.44. The summed E-state index contributed by atoms with van der Waals surface area (Å²) < 4.78 is 18.9. The van der Waals surface area contributed by atoms with Crippen molar-refractivity contribution in [2.75, 3.05) is 14.2 Å². The predicted octanol–water partition coefficient (Wildman–Crippen LogP) is 3.99. The molecule has 0 spiro atoms. The van der Waals surface area contributed by atoms with E-state index in [4.69, 9.17) is 16.3 Å². The number of rotatable bonds is 5. The van der Waals surface area contributed by atoms with Gasteiger partial charge in [-0.1, -0.05) is 35.9 Å². The zero-order chi connectivity index (χ0) is 14.5. The van der Waals surface area contributed by atoms with E-state index in [1.54, 1.807) is 25.3 Å². The van der Waals surface area contributed by atoms with Crippen LogP contribution in [0.15, 0.2) is 42.5 Å². The van der Waals surface area contributed by atoms with E-state index in [1.807, 2.05) is 25.2 Å². The molecular formula is C16H17ClFNO. The SMILES string of the molecule is CNC(Cc1ccccc1F)c1ccc(OC)cc1Cl. The third-order valence-corrected chi connectivity index (χ3v) is 3.64. The monoisotopic (exact) mass is 293 g/mol. The van der Waals surface area contributed by atoms with Crippen LogP contribution in [0.25, 0.3) is 0 Å². The summed E-state index contributed by atoms with van der Waals surface area (Å²) in [6, 6.07) is 12.3. The molecule has 2 nitrogen and oxygen atoms in total. The van der Waals surface area contributed by atoms with Gasteiger partial charge in [-0.05, 0) is 42.8 Å². The maximum Gasteiger partial charge on any atom is 0.126 e. The molecule has 0 aliphatic heterocycles. The molecule has 0 aromatic heterocycles. The lowest BCUT2D eigenvalue weighted by molar-refractivity contribution is 0.414. The molecule has 0 saturated heterocycles. The third-order valence-electron chi connectivity index (χ3n) is 3.31. The van der Waals surface area contributed by atoms with Gasteiger partial charge < -0.3 is 10.1 Å². The van der Waals surface area contributed by atoms with Crippen LogP contribution in [0, 0.1) is 5.82 Å². The van der Waals surface area contributed by atoms with Crippen LogP contribution in [-0.2, 0) is 6.42 Å². The van der Waals surface area contributed by atoms with Crippen LogP contribution in [0.4, 0.5) is 4.39 Å². The number of likely N-dealkylation sites (N-methyl/N-ethyl adjacent to an activating group) is 1. The number of halogens is 2. The first-order valence-electron chi connectivity index (χ1n) is 6.39. The first kappa shape index (κ1) is 14.8. The lowest BCUT2D eigenvalue weighted by atomic mass is 9.98. The molecule has 2 aromatic carbocycles. The molecule has 1 unspecified atom stereocenters. The summed E-state index contributed by atoms with van der Waals surface area (Å²) in [6.07, 6.45) is 0.537. The van der Waals surface area contributed by atoms with Gasteiger partial charge in [0.05, 0.1) is 7.11 Å². The highest BCUT2D eigenvalue weighted by atomic mass is 35.5. The van der Waals surface area contributed by atoms with Gasteiger partial charge in [-0.2, -0.15) is 0 Å². The number of hydrogen-bond acceptors (Lipinski definition) is 2. The first-order chi connectivity index (χ1) is 9.65. The van der Waals surface area contributed by atoms with Gasteiger partial charge in [0.25, 0.3) is 0 Å². The zero-order valence-electron chi connectivity index (χ0n) is 11.5. The topological polar surface area (TPSA) is 21.3 Å². The van der Waals surface area contributed by atoms with Crippen molar-refractivity contribution < 1.29 is 9.13 Å². The number of ether oxygens (including phenoxy) is 1. The van der Waals surface area contributed by atoms with Crippen LogP contribution >= 0.6 is 11.6 Å². The van der Waals surface area contributed by atoms with Gasteiger partial charge in [0.15, 0.2) is 0 Å². The van der Waals surface area contributed by atoms with Gasteiger partial charge in [-0.3, -0.25) is 0 Å². The largest absolute Gasteiger partial charge is 0.497 e. The van der Waals surface area contributed by atoms with Crippen molar-refractivity contribution in [3.63, 3.8) is 0 Å². The molecule has 0 amide bonds. The predicted molar refractivity (Wildman–Crippen MR) is 79.9 cm³/mol. The molecule has 2 aromatic rings. The summed E-state index contributed by atoms with van der Waals surface area (Å²) >= 11 is 6.27.